The number of hydrogen-bond donors (Lipinski definition) is 0. The summed E-state index contributed by atoms with van der Waals surface area (Å²) >= 11 is 0. The minimum atomic E-state index is -0.474. The van der Waals surface area contributed by atoms with Crippen LogP contribution in [0.2, 0.25) is 0 Å². The second-order valence-electron chi connectivity index (χ2n) is 18.7. The van der Waals surface area contributed by atoms with Crippen LogP contribution in [-0.2, 0) is 0 Å². The van der Waals surface area contributed by atoms with Crippen molar-refractivity contribution >= 4 is 33.4 Å². The molecule has 328 valence electrons. The highest BCUT2D eigenvalue weighted by Crippen LogP contribution is 2.50. The van der Waals surface area contributed by atoms with Crippen LogP contribution in [0.3, 0.4) is 0 Å². The van der Waals surface area contributed by atoms with Crippen LogP contribution in [0, 0.1) is 29.6 Å². The number of rotatable bonds is 12. The van der Waals surface area contributed by atoms with Crippen LogP contribution < -0.4 is 18.9 Å². The molecule has 6 aliphatic heterocycles. The summed E-state index contributed by atoms with van der Waals surface area (Å²) in [5.74, 6) is 4.04. The van der Waals surface area contributed by atoms with Crippen LogP contribution in [0.15, 0.2) is 97.3 Å². The Balaban J connectivity index is 1.08. The number of benzene rings is 4. The lowest BCUT2D eigenvalue weighted by atomic mass is 9.68. The van der Waals surface area contributed by atoms with E-state index < -0.39 is 12.2 Å². The Morgan fingerprint density at radius 2 is 1.25 bits per heavy atom. The molecule has 0 spiro atoms. The number of hydrogen-bond acceptors (Lipinski definition) is 10. The number of methoxy groups -OCH3 is 2. The molecule has 6 aromatic rings. The zero-order valence-corrected chi connectivity index (χ0v) is 37.2. The quantitative estimate of drug-likeness (QED) is 0.118. The van der Waals surface area contributed by atoms with Crippen molar-refractivity contribution in [2.45, 2.75) is 64.2 Å². The van der Waals surface area contributed by atoms with Gasteiger partial charge in [0.05, 0.1) is 42.4 Å². The largest absolute Gasteiger partial charge is 0.497 e. The van der Waals surface area contributed by atoms with Crippen LogP contribution in [0.4, 0.5) is 0 Å². The van der Waals surface area contributed by atoms with E-state index in [2.05, 4.69) is 35.8 Å². The summed E-state index contributed by atoms with van der Waals surface area (Å²) in [6, 6.07) is 27.0. The lowest BCUT2D eigenvalue weighted by Gasteiger charge is -2.52. The number of pyridine rings is 2. The zero-order valence-electron chi connectivity index (χ0n) is 37.2. The van der Waals surface area contributed by atoms with Gasteiger partial charge < -0.3 is 23.8 Å². The number of ketones is 2. The van der Waals surface area contributed by atoms with Gasteiger partial charge in [-0.1, -0.05) is 51.0 Å². The minimum Gasteiger partial charge on any atom is -0.497 e. The average Bonchev–Trinajstić information content (AvgIpc) is 3.36. The third-order valence-corrected chi connectivity index (χ3v) is 15.7. The first-order chi connectivity index (χ1) is 31.3. The maximum Gasteiger partial charge on any atom is 0.198 e. The predicted molar refractivity (Wildman–Crippen MR) is 247 cm³/mol. The molecule has 4 bridgehead atoms. The molecule has 0 radical (unpaired) electrons. The van der Waals surface area contributed by atoms with Crippen molar-refractivity contribution < 1.29 is 28.5 Å². The molecule has 10 atom stereocenters. The van der Waals surface area contributed by atoms with Crippen LogP contribution in [-0.4, -0.2) is 84.3 Å². The zero-order chi connectivity index (χ0) is 43.6. The fourth-order valence-electron chi connectivity index (χ4n) is 12.4. The fourth-order valence-corrected chi connectivity index (χ4v) is 12.4. The summed E-state index contributed by atoms with van der Waals surface area (Å²) in [5, 5.41) is 1.89. The van der Waals surface area contributed by atoms with E-state index in [0.29, 0.717) is 46.3 Å². The molecule has 6 fully saturated rings. The number of carbonyl (C=O) groups is 2. The van der Waals surface area contributed by atoms with E-state index in [0.717, 1.165) is 109 Å². The summed E-state index contributed by atoms with van der Waals surface area (Å²) in [4.78, 5) is 45.0. The molecule has 6 saturated heterocycles. The average molecular weight is 857 g/mol. The van der Waals surface area contributed by atoms with Crippen LogP contribution in [0.5, 0.6) is 23.0 Å². The van der Waals surface area contributed by atoms with Gasteiger partial charge in [-0.15, -0.1) is 0 Å². The van der Waals surface area contributed by atoms with Gasteiger partial charge in [0.15, 0.2) is 11.6 Å². The molecule has 64 heavy (non-hydrogen) atoms. The summed E-state index contributed by atoms with van der Waals surface area (Å²) in [6.07, 6.45) is 8.22. The lowest BCUT2D eigenvalue weighted by Crippen LogP contribution is -2.56. The van der Waals surface area contributed by atoms with E-state index >= 15 is 9.59 Å². The van der Waals surface area contributed by atoms with Gasteiger partial charge in [0.2, 0.25) is 0 Å². The van der Waals surface area contributed by atoms with Gasteiger partial charge in [0.25, 0.3) is 0 Å². The third kappa shape index (κ3) is 6.83. The van der Waals surface area contributed by atoms with Gasteiger partial charge in [-0.3, -0.25) is 24.5 Å². The topological polar surface area (TPSA) is 103 Å². The molecule has 0 N–H and O–H groups in total. The minimum absolute atomic E-state index is 0.0381. The van der Waals surface area contributed by atoms with E-state index in [1.807, 2.05) is 73.1 Å². The summed E-state index contributed by atoms with van der Waals surface area (Å²) in [6.45, 7) is 9.61. The number of ether oxygens (including phenoxy) is 4. The summed E-state index contributed by atoms with van der Waals surface area (Å²) in [5.41, 5.74) is 4.91. The molecule has 8 unspecified atom stereocenters. The molecule has 8 heterocycles. The molecule has 4 aromatic carbocycles. The highest BCUT2D eigenvalue weighted by atomic mass is 16.5. The Labute approximate surface area is 374 Å². The van der Waals surface area contributed by atoms with Gasteiger partial charge in [-0.25, -0.2) is 0 Å². The summed E-state index contributed by atoms with van der Waals surface area (Å²) in [7, 11) is 3.35. The van der Waals surface area contributed by atoms with E-state index in [1.54, 1.807) is 26.4 Å². The molecule has 0 amide bonds. The second kappa shape index (κ2) is 16.6. The van der Waals surface area contributed by atoms with Gasteiger partial charge in [0, 0.05) is 71.0 Å². The third-order valence-electron chi connectivity index (χ3n) is 15.7. The smallest absolute Gasteiger partial charge is 0.198 e. The molecule has 10 nitrogen and oxygen atoms in total. The van der Waals surface area contributed by atoms with Crippen molar-refractivity contribution in [3.63, 3.8) is 0 Å². The van der Waals surface area contributed by atoms with Gasteiger partial charge in [-0.2, -0.15) is 0 Å². The van der Waals surface area contributed by atoms with E-state index in [-0.39, 0.29) is 34.7 Å². The Morgan fingerprint density at radius 3 is 1.80 bits per heavy atom. The monoisotopic (exact) mass is 856 g/mol. The van der Waals surface area contributed by atoms with Crippen molar-refractivity contribution in [2.24, 2.45) is 29.6 Å². The number of nitrogens with zero attached hydrogens (tertiary/aromatic N) is 4. The molecular weight excluding hydrogens is 801 g/mol. The van der Waals surface area contributed by atoms with Crippen molar-refractivity contribution in [3.8, 4) is 23.0 Å². The predicted octanol–water partition coefficient (Wildman–Crippen LogP) is 9.91. The highest BCUT2D eigenvalue weighted by molar-refractivity contribution is 6.30. The van der Waals surface area contributed by atoms with Crippen molar-refractivity contribution in [1.82, 2.24) is 19.8 Å². The molecule has 1 aliphatic carbocycles. The van der Waals surface area contributed by atoms with E-state index in [4.69, 9.17) is 28.9 Å². The maximum absolute atomic E-state index is 15.2. The standard InChI is InChI=1S/C54H56N4O6/c1-5-31-29-58-24-19-33(31)25-46(58)54(40-18-22-56-45-14-12-35(62-4)27-42(40)45)64-48-16-15-47(49-50(48)52(60)38-10-8-7-9-37(38)51(49)59)63-53(43-30-57-23-20-36(43)32(6-2)28-57)39-17-21-55-44-13-11-34(61-3)26-41(39)44/h7-18,21-22,26-27,31-33,36,43,46,53-54H,5-6,19-20,23-25,28-30H2,1-4H3/t31?,32?,33?,36?,43?,46?,53-,54-/m0/s1. The maximum atomic E-state index is 15.2. The second-order valence-corrected chi connectivity index (χ2v) is 18.7. The van der Waals surface area contributed by atoms with Gasteiger partial charge >= 0.3 is 0 Å². The Hall–Kier alpha value is -5.84. The van der Waals surface area contributed by atoms with Crippen LogP contribution in [0.25, 0.3) is 21.8 Å². The van der Waals surface area contributed by atoms with Gasteiger partial charge in [-0.05, 0) is 117 Å². The summed E-state index contributed by atoms with van der Waals surface area (Å²) < 4.78 is 26.3. The SMILES string of the molecule is CCC1CN2CCC1CC2[C@@H](Oc1ccc(O[C@@H](c2ccnc3ccc(OC)cc23)C2CN3CCC2C(CC)C3)c2c1C(=O)c1ccccc1C2=O)c1ccnc2ccc(OC)cc12. The fraction of sp³-hybridized carbons (Fsp3) is 0.407. The first-order valence-electron chi connectivity index (χ1n) is 23.4. The first kappa shape index (κ1) is 40.9. The highest BCUT2D eigenvalue weighted by Gasteiger charge is 2.48. The normalized spacial score (nSPS) is 26.6. The number of carbonyl (C=O) groups excluding carboxylic acids is 2. The first-order valence-corrected chi connectivity index (χ1v) is 23.4. The molecule has 7 aliphatic rings. The number of aromatic nitrogens is 2. The Kier molecular flexibility index (Phi) is 10.6. The van der Waals surface area contributed by atoms with Crippen molar-refractivity contribution in [3.05, 3.63) is 131 Å². The number of fused-ring (bicyclic) bond motifs is 10. The molecule has 13 rings (SSSR count). The molecule has 2 aromatic heterocycles. The van der Waals surface area contributed by atoms with Crippen molar-refractivity contribution in [2.75, 3.05) is 46.9 Å². The molecule has 10 heteroatoms. The van der Waals surface area contributed by atoms with Crippen LogP contribution in [0.1, 0.15) is 101 Å². The van der Waals surface area contributed by atoms with E-state index in [1.165, 1.54) is 0 Å². The van der Waals surface area contributed by atoms with Crippen LogP contribution >= 0.6 is 0 Å². The molecular formula is C54H56N4O6. The lowest BCUT2D eigenvalue weighted by molar-refractivity contribution is -0.0529. The Morgan fingerprint density at radius 1 is 0.656 bits per heavy atom. The molecule has 0 saturated carbocycles. The van der Waals surface area contributed by atoms with E-state index in [9.17, 15) is 0 Å². The number of piperidine rings is 6. The Bertz CT molecular complexity index is 2790. The van der Waals surface area contributed by atoms with Crippen molar-refractivity contribution in [1.29, 1.82) is 0 Å². The van der Waals surface area contributed by atoms with Gasteiger partial charge in [0.1, 0.15) is 35.2 Å².